The van der Waals surface area contributed by atoms with Crippen molar-refractivity contribution in [2.45, 2.75) is 69.6 Å². The van der Waals surface area contributed by atoms with Crippen LogP contribution in [0.15, 0.2) is 84.9 Å². The second kappa shape index (κ2) is 13.6. The summed E-state index contributed by atoms with van der Waals surface area (Å²) in [5.74, 6) is -1.18. The number of hydrogen-bond donors (Lipinski definition) is 0. The average molecular weight is 660 g/mol. The van der Waals surface area contributed by atoms with Gasteiger partial charge in [0.1, 0.15) is 18.0 Å². The average Bonchev–Trinajstić information content (AvgIpc) is 3.86. The summed E-state index contributed by atoms with van der Waals surface area (Å²) >= 11 is 12.7. The van der Waals surface area contributed by atoms with Gasteiger partial charge in [-0.25, -0.2) is 12.8 Å². The molecule has 44 heavy (non-hydrogen) atoms. The molecule has 1 aliphatic carbocycles. The van der Waals surface area contributed by atoms with E-state index in [4.69, 9.17) is 27.9 Å². The zero-order valence-electron chi connectivity index (χ0n) is 24.9. The summed E-state index contributed by atoms with van der Waals surface area (Å²) in [7, 11) is -3.88. The topological polar surface area (TPSA) is 66.9 Å². The number of nitrogens with zero attached hydrogens (tertiary/aromatic N) is 2. The number of ether oxygens (including phenoxy) is 1. The van der Waals surface area contributed by atoms with Crippen molar-refractivity contribution in [3.63, 3.8) is 0 Å². The van der Waals surface area contributed by atoms with Gasteiger partial charge in [-0.3, -0.25) is 9.10 Å². The first-order valence-corrected chi connectivity index (χ1v) is 17.2. The molecule has 10 heteroatoms. The van der Waals surface area contributed by atoms with Crippen LogP contribution in [0.3, 0.4) is 0 Å². The number of sulfonamides is 1. The van der Waals surface area contributed by atoms with Gasteiger partial charge in [-0.2, -0.15) is 0 Å². The fourth-order valence-corrected chi connectivity index (χ4v) is 8.18. The first kappa shape index (κ1) is 32.5. The molecule has 0 aromatic heterocycles. The highest BCUT2D eigenvalue weighted by atomic mass is 35.5. The minimum absolute atomic E-state index is 0.0215. The van der Waals surface area contributed by atoms with Crippen molar-refractivity contribution in [3.8, 4) is 0 Å². The molecule has 234 valence electrons. The van der Waals surface area contributed by atoms with E-state index in [0.717, 1.165) is 11.1 Å². The van der Waals surface area contributed by atoms with Crippen LogP contribution < -0.4 is 4.31 Å². The Kier molecular flexibility index (Phi) is 10.0. The summed E-state index contributed by atoms with van der Waals surface area (Å²) in [5, 5.41) is 0.486. The third-order valence-corrected chi connectivity index (χ3v) is 11.1. The molecular weight excluding hydrogens is 622 g/mol. The summed E-state index contributed by atoms with van der Waals surface area (Å²) in [6.07, 6.45) is 3.76. The zero-order valence-corrected chi connectivity index (χ0v) is 27.3. The molecule has 1 saturated carbocycles. The Morgan fingerprint density at radius 3 is 2.34 bits per heavy atom. The summed E-state index contributed by atoms with van der Waals surface area (Å²) in [6, 6.07) is 19.2. The molecule has 1 heterocycles. The van der Waals surface area contributed by atoms with E-state index in [1.54, 1.807) is 29.2 Å². The van der Waals surface area contributed by atoms with Crippen LogP contribution in [0.2, 0.25) is 10.0 Å². The van der Waals surface area contributed by atoms with E-state index in [1.165, 1.54) is 22.5 Å². The van der Waals surface area contributed by atoms with Crippen molar-refractivity contribution in [3.05, 3.63) is 112 Å². The van der Waals surface area contributed by atoms with Crippen LogP contribution in [-0.4, -0.2) is 43.2 Å². The lowest BCUT2D eigenvalue weighted by molar-refractivity contribution is -0.183. The first-order valence-electron chi connectivity index (χ1n) is 14.9. The molecule has 6 nitrogen and oxygen atoms in total. The van der Waals surface area contributed by atoms with Crippen LogP contribution in [0.5, 0.6) is 0 Å². The molecule has 5 rings (SSSR count). The molecule has 3 aromatic carbocycles. The van der Waals surface area contributed by atoms with Gasteiger partial charge in [0, 0.05) is 16.0 Å². The Morgan fingerprint density at radius 1 is 1.02 bits per heavy atom. The quantitative estimate of drug-likeness (QED) is 0.195. The normalized spacial score (nSPS) is 22.3. The Bertz CT molecular complexity index is 1610. The highest BCUT2D eigenvalue weighted by Crippen LogP contribution is 2.46. The van der Waals surface area contributed by atoms with Gasteiger partial charge >= 0.3 is 0 Å². The number of halogens is 3. The van der Waals surface area contributed by atoms with Crippen molar-refractivity contribution < 1.29 is 22.3 Å². The van der Waals surface area contributed by atoms with Gasteiger partial charge < -0.3 is 9.64 Å². The lowest BCUT2D eigenvalue weighted by Gasteiger charge is -2.49. The van der Waals surface area contributed by atoms with E-state index < -0.39 is 45.4 Å². The molecule has 0 N–H and O–H groups in total. The predicted molar refractivity (Wildman–Crippen MR) is 174 cm³/mol. The summed E-state index contributed by atoms with van der Waals surface area (Å²) in [4.78, 5) is 16.4. The number of rotatable bonds is 11. The predicted octanol–water partition coefficient (Wildman–Crippen LogP) is 8.13. The smallest absolute Gasteiger partial charge is 0.253 e. The van der Waals surface area contributed by atoms with Crippen LogP contribution in [0.4, 0.5) is 10.1 Å². The molecule has 1 amide bonds. The van der Waals surface area contributed by atoms with E-state index in [-0.39, 0.29) is 24.1 Å². The van der Waals surface area contributed by atoms with Crippen molar-refractivity contribution in [2.24, 2.45) is 5.92 Å². The van der Waals surface area contributed by atoms with Crippen LogP contribution in [0, 0.1) is 11.7 Å². The molecule has 0 bridgehead atoms. The number of carbonyl (C=O) groups excluding carboxylic acids is 1. The van der Waals surface area contributed by atoms with E-state index in [2.05, 4.69) is 0 Å². The second-order valence-corrected chi connectivity index (χ2v) is 14.5. The van der Waals surface area contributed by atoms with Gasteiger partial charge in [-0.1, -0.05) is 85.6 Å². The third-order valence-electron chi connectivity index (χ3n) is 8.35. The number of benzene rings is 3. The maximum Gasteiger partial charge on any atom is 0.253 e. The number of amides is 1. The van der Waals surface area contributed by atoms with Crippen LogP contribution in [-0.2, 0) is 19.6 Å². The summed E-state index contributed by atoms with van der Waals surface area (Å²) < 4.78 is 50.7. The Balaban J connectivity index is 1.67. The number of hydrogen-bond acceptors (Lipinski definition) is 4. The maximum atomic E-state index is 15.2. The van der Waals surface area contributed by atoms with Crippen molar-refractivity contribution in [1.29, 1.82) is 0 Å². The molecule has 3 aromatic rings. The fourth-order valence-electron chi connectivity index (χ4n) is 5.96. The zero-order chi connectivity index (χ0) is 31.6. The Labute approximate surface area is 269 Å². The van der Waals surface area contributed by atoms with Crippen molar-refractivity contribution in [2.75, 3.05) is 10.8 Å². The third kappa shape index (κ3) is 6.69. The fraction of sp³-hybridized carbons (Fsp3) is 0.382. The highest BCUT2D eigenvalue weighted by Gasteiger charge is 2.49. The molecular formula is C34H37Cl2FN2O4S. The van der Waals surface area contributed by atoms with Crippen molar-refractivity contribution in [1.82, 2.24) is 4.90 Å². The maximum absolute atomic E-state index is 15.2. The van der Waals surface area contributed by atoms with Gasteiger partial charge in [0.15, 0.2) is 0 Å². The number of anilines is 1. The van der Waals surface area contributed by atoms with E-state index in [1.807, 2.05) is 63.3 Å². The van der Waals surface area contributed by atoms with Gasteiger partial charge in [0.05, 0.1) is 29.6 Å². The Hall–Kier alpha value is -2.91. The molecule has 2 aliphatic rings. The molecule has 1 aliphatic heterocycles. The van der Waals surface area contributed by atoms with Crippen molar-refractivity contribution >= 4 is 44.8 Å². The highest BCUT2D eigenvalue weighted by molar-refractivity contribution is 7.93. The minimum atomic E-state index is -3.88. The number of morpholine rings is 1. The monoisotopic (exact) mass is 658 g/mol. The number of para-hydroxylation sites is 1. The van der Waals surface area contributed by atoms with Gasteiger partial charge in [0.25, 0.3) is 5.91 Å². The molecule has 2 fully saturated rings. The van der Waals surface area contributed by atoms with E-state index in [0.29, 0.717) is 29.3 Å². The van der Waals surface area contributed by atoms with E-state index in [9.17, 15) is 13.2 Å². The Morgan fingerprint density at radius 2 is 1.73 bits per heavy atom. The van der Waals surface area contributed by atoms with Gasteiger partial charge in [-0.15, -0.1) is 0 Å². The minimum Gasteiger partial charge on any atom is -0.357 e. The molecule has 0 unspecified atom stereocenters. The van der Waals surface area contributed by atoms with Crippen LogP contribution in [0.1, 0.15) is 63.3 Å². The molecule has 5 atom stereocenters. The van der Waals surface area contributed by atoms with Gasteiger partial charge in [-0.05, 0) is 73.7 Å². The molecule has 1 saturated heterocycles. The lowest BCUT2D eigenvalue weighted by Crippen LogP contribution is -2.59. The SMILES string of the molecule is CC=C[C@@H](C)[C@@H]1O[C@H](c2cccc(Cl)c2)[C@@H](c2ccc(Cl)cc2)N([C@@H](CC)CN(c2ccccc2F)S(=O)(=O)C2CC2)C1=O. The lowest BCUT2D eigenvalue weighted by atomic mass is 9.88. The second-order valence-electron chi connectivity index (χ2n) is 11.4. The number of allylic oxidation sites excluding steroid dienone is 1. The molecule has 0 radical (unpaired) electrons. The summed E-state index contributed by atoms with van der Waals surface area (Å²) in [6.45, 7) is 5.60. The standard InChI is InChI=1S/C34H37Cl2FN2O4S/c1-4-9-22(3)32-34(40)39(27(5-2)21-38(44(41,42)28-18-19-28)30-13-7-6-12-29(30)37)31(23-14-16-25(35)17-15-23)33(43-32)24-10-8-11-26(36)20-24/h4,6-17,20,22,27-28,31-33H,5,18-19,21H2,1-3H3/t22-,27+,31-,32+,33-/m1/s1. The van der Waals surface area contributed by atoms with E-state index >= 15 is 4.39 Å². The van der Waals surface area contributed by atoms with Crippen LogP contribution >= 0.6 is 23.2 Å². The number of carbonyl (C=O) groups is 1. The molecule has 0 spiro atoms. The largest absolute Gasteiger partial charge is 0.357 e. The van der Waals surface area contributed by atoms with Gasteiger partial charge in [0.2, 0.25) is 10.0 Å². The van der Waals surface area contributed by atoms with Crippen LogP contribution in [0.25, 0.3) is 0 Å². The first-order chi connectivity index (χ1) is 21.1. The summed E-state index contributed by atoms with van der Waals surface area (Å²) in [5.41, 5.74) is 1.52.